The van der Waals surface area contributed by atoms with Gasteiger partial charge in [-0.2, -0.15) is 4.99 Å². The molecule has 0 aromatic rings. The molecule has 16 heavy (non-hydrogen) atoms. The minimum Gasteiger partial charge on any atom is -0.386 e. The molecular formula is C11H19N3O2. The molecule has 1 aliphatic heterocycles. The van der Waals surface area contributed by atoms with Crippen LogP contribution >= 0.6 is 0 Å². The van der Waals surface area contributed by atoms with E-state index in [1.54, 1.807) is 0 Å². The SMILES string of the molecule is CCC[C@@H](C)[C@@]1(CC)C(=O)NC(=O)N=C1N. The van der Waals surface area contributed by atoms with Gasteiger partial charge in [0.05, 0.1) is 0 Å². The molecule has 0 fully saturated rings. The maximum Gasteiger partial charge on any atom is 0.349 e. The summed E-state index contributed by atoms with van der Waals surface area (Å²) in [5.74, 6) is -0.0718. The largest absolute Gasteiger partial charge is 0.386 e. The number of nitrogens with zero attached hydrogens (tertiary/aromatic N) is 1. The van der Waals surface area contributed by atoms with E-state index in [-0.39, 0.29) is 17.7 Å². The first-order valence-corrected chi connectivity index (χ1v) is 5.69. The van der Waals surface area contributed by atoms with Gasteiger partial charge in [0.2, 0.25) is 5.91 Å². The second kappa shape index (κ2) is 4.63. The molecule has 0 unspecified atom stereocenters. The van der Waals surface area contributed by atoms with Gasteiger partial charge in [-0.05, 0) is 18.8 Å². The molecule has 3 N–H and O–H groups in total. The van der Waals surface area contributed by atoms with Crippen LogP contribution in [0.1, 0.15) is 40.0 Å². The molecule has 0 radical (unpaired) electrons. The van der Waals surface area contributed by atoms with Crippen LogP contribution in [0.3, 0.4) is 0 Å². The second-order valence-corrected chi connectivity index (χ2v) is 4.27. The van der Waals surface area contributed by atoms with Crippen molar-refractivity contribution in [1.82, 2.24) is 5.32 Å². The number of carbonyl (C=O) groups excluding carboxylic acids is 2. The fraction of sp³-hybridized carbons (Fsp3) is 0.727. The van der Waals surface area contributed by atoms with Crippen LogP contribution in [-0.4, -0.2) is 17.8 Å². The van der Waals surface area contributed by atoms with Gasteiger partial charge in [0, 0.05) is 0 Å². The third-order valence-corrected chi connectivity index (χ3v) is 3.43. The van der Waals surface area contributed by atoms with Gasteiger partial charge in [-0.3, -0.25) is 10.1 Å². The molecule has 1 heterocycles. The highest BCUT2D eigenvalue weighted by Gasteiger charge is 2.48. The molecule has 0 saturated heterocycles. The van der Waals surface area contributed by atoms with E-state index >= 15 is 0 Å². The Bertz CT molecular complexity index is 338. The van der Waals surface area contributed by atoms with Crippen LogP contribution in [0.2, 0.25) is 0 Å². The van der Waals surface area contributed by atoms with E-state index in [0.717, 1.165) is 12.8 Å². The number of carbonyl (C=O) groups is 2. The fourth-order valence-electron chi connectivity index (χ4n) is 2.41. The lowest BCUT2D eigenvalue weighted by Gasteiger charge is -2.37. The number of hydrogen-bond donors (Lipinski definition) is 2. The second-order valence-electron chi connectivity index (χ2n) is 4.27. The number of urea groups is 1. The molecule has 90 valence electrons. The first-order chi connectivity index (χ1) is 7.48. The van der Waals surface area contributed by atoms with Crippen LogP contribution in [0.15, 0.2) is 4.99 Å². The van der Waals surface area contributed by atoms with Crippen molar-refractivity contribution < 1.29 is 9.59 Å². The van der Waals surface area contributed by atoms with E-state index in [9.17, 15) is 9.59 Å². The summed E-state index contributed by atoms with van der Waals surface area (Å²) >= 11 is 0. The van der Waals surface area contributed by atoms with Gasteiger partial charge >= 0.3 is 6.03 Å². The van der Waals surface area contributed by atoms with Crippen LogP contribution in [0.25, 0.3) is 0 Å². The molecule has 3 amide bonds. The van der Waals surface area contributed by atoms with Gasteiger partial charge in [-0.1, -0.05) is 27.2 Å². The van der Waals surface area contributed by atoms with Crippen LogP contribution in [0, 0.1) is 11.3 Å². The summed E-state index contributed by atoms with van der Waals surface area (Å²) in [6.07, 6.45) is 2.41. The molecule has 5 heteroatoms. The first kappa shape index (κ1) is 12.7. The quantitative estimate of drug-likeness (QED) is 0.759. The van der Waals surface area contributed by atoms with Crippen molar-refractivity contribution in [3.05, 3.63) is 0 Å². The Morgan fingerprint density at radius 1 is 1.44 bits per heavy atom. The van der Waals surface area contributed by atoms with E-state index in [0.29, 0.717) is 6.42 Å². The number of nitrogens with one attached hydrogen (secondary N) is 1. The third-order valence-electron chi connectivity index (χ3n) is 3.43. The van der Waals surface area contributed by atoms with Gasteiger partial charge in [-0.15, -0.1) is 0 Å². The Kier molecular flexibility index (Phi) is 3.67. The normalized spacial score (nSPS) is 27.3. The minimum atomic E-state index is -0.816. The van der Waals surface area contributed by atoms with Crippen molar-refractivity contribution in [3.8, 4) is 0 Å². The van der Waals surface area contributed by atoms with Crippen LogP contribution in [0.5, 0.6) is 0 Å². The Labute approximate surface area is 95.5 Å². The van der Waals surface area contributed by atoms with Crippen LogP contribution in [-0.2, 0) is 4.79 Å². The number of amidine groups is 1. The summed E-state index contributed by atoms with van der Waals surface area (Å²) in [6.45, 7) is 5.92. The molecule has 0 aromatic carbocycles. The zero-order chi connectivity index (χ0) is 12.3. The lowest BCUT2D eigenvalue weighted by atomic mass is 9.70. The maximum absolute atomic E-state index is 12.0. The maximum atomic E-state index is 12.0. The average Bonchev–Trinajstić information content (AvgIpc) is 2.18. The number of imide groups is 1. The smallest absolute Gasteiger partial charge is 0.349 e. The van der Waals surface area contributed by atoms with Crippen molar-refractivity contribution in [2.24, 2.45) is 22.1 Å². The highest BCUT2D eigenvalue weighted by molar-refractivity contribution is 6.18. The van der Waals surface area contributed by atoms with E-state index < -0.39 is 11.4 Å². The van der Waals surface area contributed by atoms with Crippen molar-refractivity contribution in [2.75, 3.05) is 0 Å². The first-order valence-electron chi connectivity index (χ1n) is 5.69. The van der Waals surface area contributed by atoms with Crippen molar-refractivity contribution in [2.45, 2.75) is 40.0 Å². The number of aliphatic imine (C=N–C) groups is 1. The van der Waals surface area contributed by atoms with Gasteiger partial charge in [-0.25, -0.2) is 4.79 Å². The highest BCUT2D eigenvalue weighted by atomic mass is 16.2. The van der Waals surface area contributed by atoms with E-state index in [2.05, 4.69) is 17.2 Å². The zero-order valence-electron chi connectivity index (χ0n) is 10.0. The van der Waals surface area contributed by atoms with Gasteiger partial charge in [0.15, 0.2) is 0 Å². The highest BCUT2D eigenvalue weighted by Crippen LogP contribution is 2.36. The van der Waals surface area contributed by atoms with Gasteiger partial charge in [0.25, 0.3) is 0 Å². The minimum absolute atomic E-state index is 0.0827. The zero-order valence-corrected chi connectivity index (χ0v) is 10.0. The molecule has 0 saturated carbocycles. The molecule has 1 rings (SSSR count). The van der Waals surface area contributed by atoms with Crippen LogP contribution < -0.4 is 11.1 Å². The summed E-state index contributed by atoms with van der Waals surface area (Å²) in [5, 5.41) is 2.25. The van der Waals surface area contributed by atoms with Crippen molar-refractivity contribution in [3.63, 3.8) is 0 Å². The molecule has 0 bridgehead atoms. The Morgan fingerprint density at radius 2 is 2.06 bits per heavy atom. The molecule has 0 aromatic heterocycles. The Balaban J connectivity index is 3.15. The number of nitrogens with two attached hydrogens (primary N) is 1. The summed E-state index contributed by atoms with van der Waals surface area (Å²) in [5.41, 5.74) is 4.99. The summed E-state index contributed by atoms with van der Waals surface area (Å²) < 4.78 is 0. The lowest BCUT2D eigenvalue weighted by molar-refractivity contribution is -0.129. The van der Waals surface area contributed by atoms with Gasteiger partial charge in [0.1, 0.15) is 11.3 Å². The molecule has 1 aliphatic rings. The molecule has 5 nitrogen and oxygen atoms in total. The van der Waals surface area contributed by atoms with E-state index in [4.69, 9.17) is 5.73 Å². The number of amides is 3. The topological polar surface area (TPSA) is 84.5 Å². The van der Waals surface area contributed by atoms with Gasteiger partial charge < -0.3 is 5.73 Å². The fourth-order valence-corrected chi connectivity index (χ4v) is 2.41. The average molecular weight is 225 g/mol. The summed E-state index contributed by atoms with van der Waals surface area (Å²) in [7, 11) is 0. The lowest BCUT2D eigenvalue weighted by Crippen LogP contribution is -2.57. The predicted molar refractivity (Wildman–Crippen MR) is 62.0 cm³/mol. The summed E-state index contributed by atoms with van der Waals surface area (Å²) in [4.78, 5) is 26.7. The van der Waals surface area contributed by atoms with E-state index in [1.807, 2.05) is 13.8 Å². The predicted octanol–water partition coefficient (Wildman–Crippen LogP) is 1.43. The molecule has 0 spiro atoms. The summed E-state index contributed by atoms with van der Waals surface area (Å²) in [6, 6.07) is -0.657. The third kappa shape index (κ3) is 1.81. The number of rotatable bonds is 4. The Hall–Kier alpha value is -1.39. The molecule has 2 atom stereocenters. The standard InChI is InChI=1S/C11H19N3O2/c1-4-6-7(3)11(5-2)8(12)13-10(16)14-9(11)15/h7H,4-6H2,1-3H3,(H3,12,13,14,15,16)/t7-,11-/m1/s1. The van der Waals surface area contributed by atoms with Crippen molar-refractivity contribution >= 4 is 17.8 Å². The monoisotopic (exact) mass is 225 g/mol. The van der Waals surface area contributed by atoms with Crippen molar-refractivity contribution in [1.29, 1.82) is 0 Å². The van der Waals surface area contributed by atoms with Crippen LogP contribution in [0.4, 0.5) is 4.79 Å². The molecule has 0 aliphatic carbocycles. The Morgan fingerprint density at radius 3 is 2.50 bits per heavy atom. The molecular weight excluding hydrogens is 206 g/mol. The van der Waals surface area contributed by atoms with E-state index in [1.165, 1.54) is 0 Å². The number of hydrogen-bond acceptors (Lipinski definition) is 3.